The van der Waals surface area contributed by atoms with Crippen LogP contribution in [-0.2, 0) is 10.0 Å². The average Bonchev–Trinajstić information content (AvgIpc) is 2.67. The third-order valence-corrected chi connectivity index (χ3v) is 5.01. The van der Waals surface area contributed by atoms with Crippen LogP contribution >= 0.6 is 11.6 Å². The first-order valence-electron chi connectivity index (χ1n) is 7.54. The molecule has 146 valence electrons. The molecule has 0 heterocycles. The van der Waals surface area contributed by atoms with Gasteiger partial charge in [0.05, 0.1) is 34.7 Å². The van der Waals surface area contributed by atoms with Gasteiger partial charge in [0.25, 0.3) is 10.0 Å². The molecular weight excluding hydrogens is 396 g/mol. The first kappa shape index (κ1) is 20.7. The monoisotopic (exact) mass is 414 g/mol. The second kappa shape index (κ2) is 8.83. The number of nitrogens with zero attached hydrogens (tertiary/aromatic N) is 1. The molecule has 0 saturated carbocycles. The predicted octanol–water partition coefficient (Wildman–Crippen LogP) is 2.69. The molecule has 0 saturated heterocycles. The Kier molecular flexibility index (Phi) is 6.75. The summed E-state index contributed by atoms with van der Waals surface area (Å²) in [6, 6.07) is 7.47. The number of rotatable bonds is 8. The molecule has 0 amide bonds. The summed E-state index contributed by atoms with van der Waals surface area (Å²) >= 11 is 5.88. The molecule has 0 unspecified atom stereocenters. The molecule has 1 N–H and O–H groups in total. The van der Waals surface area contributed by atoms with Crippen LogP contribution < -0.4 is 23.8 Å². The highest BCUT2D eigenvalue weighted by Crippen LogP contribution is 2.33. The molecule has 0 atom stereocenters. The zero-order valence-corrected chi connectivity index (χ0v) is 16.7. The van der Waals surface area contributed by atoms with E-state index in [9.17, 15) is 8.42 Å². The van der Waals surface area contributed by atoms with E-state index in [1.807, 2.05) is 0 Å². The highest BCUT2D eigenvalue weighted by molar-refractivity contribution is 7.89. The van der Waals surface area contributed by atoms with E-state index >= 15 is 0 Å². The van der Waals surface area contributed by atoms with Crippen LogP contribution in [0.25, 0.3) is 0 Å². The minimum atomic E-state index is -4.00. The van der Waals surface area contributed by atoms with Crippen LogP contribution in [0.3, 0.4) is 0 Å². The van der Waals surface area contributed by atoms with Gasteiger partial charge in [-0.3, -0.25) is 0 Å². The molecule has 0 fully saturated rings. The van der Waals surface area contributed by atoms with Crippen LogP contribution in [-0.4, -0.2) is 43.1 Å². The first-order valence-corrected chi connectivity index (χ1v) is 9.40. The summed E-state index contributed by atoms with van der Waals surface area (Å²) in [5.41, 5.74) is 0.482. The number of hydrogen-bond acceptors (Lipinski definition) is 7. The lowest BCUT2D eigenvalue weighted by molar-refractivity contribution is 0.349. The molecule has 2 rings (SSSR count). The molecule has 0 aliphatic carbocycles. The van der Waals surface area contributed by atoms with Gasteiger partial charge in [-0.2, -0.15) is 18.4 Å². The molecule has 0 aliphatic rings. The van der Waals surface area contributed by atoms with Crippen molar-refractivity contribution in [3.63, 3.8) is 0 Å². The maximum Gasteiger partial charge on any atom is 0.280 e. The molecule has 0 aliphatic heterocycles. The van der Waals surface area contributed by atoms with E-state index in [4.69, 9.17) is 30.5 Å². The van der Waals surface area contributed by atoms with Gasteiger partial charge < -0.3 is 18.9 Å². The Hall–Kier alpha value is -2.65. The van der Waals surface area contributed by atoms with Gasteiger partial charge in [-0.05, 0) is 24.3 Å². The lowest BCUT2D eigenvalue weighted by Crippen LogP contribution is -2.19. The largest absolute Gasteiger partial charge is 0.496 e. The summed E-state index contributed by atoms with van der Waals surface area (Å²) in [4.78, 5) is 1.99. The smallest absolute Gasteiger partial charge is 0.280 e. The van der Waals surface area contributed by atoms with Crippen LogP contribution in [0.5, 0.6) is 23.0 Å². The van der Waals surface area contributed by atoms with Crippen molar-refractivity contribution in [1.29, 1.82) is 0 Å². The van der Waals surface area contributed by atoms with Crippen molar-refractivity contribution in [3.05, 3.63) is 40.9 Å². The molecule has 0 bridgehead atoms. The Balaban J connectivity index is 2.33. The number of benzene rings is 2. The molecule has 2 aromatic carbocycles. The van der Waals surface area contributed by atoms with E-state index in [-0.39, 0.29) is 15.7 Å². The van der Waals surface area contributed by atoms with Gasteiger partial charge in [0.15, 0.2) is 11.5 Å². The molecule has 0 radical (unpaired) electrons. The van der Waals surface area contributed by atoms with Gasteiger partial charge in [-0.15, -0.1) is 0 Å². The van der Waals surface area contributed by atoms with Gasteiger partial charge in [0.2, 0.25) is 0 Å². The van der Waals surface area contributed by atoms with Crippen LogP contribution in [0, 0.1) is 0 Å². The summed E-state index contributed by atoms with van der Waals surface area (Å²) in [6.07, 6.45) is 1.29. The fourth-order valence-corrected chi connectivity index (χ4v) is 3.45. The van der Waals surface area contributed by atoms with Crippen LogP contribution in [0.15, 0.2) is 40.3 Å². The Morgan fingerprint density at radius 1 is 0.889 bits per heavy atom. The number of methoxy groups -OCH3 is 4. The van der Waals surface area contributed by atoms with E-state index in [0.29, 0.717) is 22.8 Å². The van der Waals surface area contributed by atoms with Crippen molar-refractivity contribution in [2.24, 2.45) is 5.10 Å². The van der Waals surface area contributed by atoms with E-state index in [1.54, 1.807) is 12.1 Å². The number of halogens is 1. The summed E-state index contributed by atoms with van der Waals surface area (Å²) < 4.78 is 45.7. The van der Waals surface area contributed by atoms with Gasteiger partial charge >= 0.3 is 0 Å². The van der Waals surface area contributed by atoms with Crippen molar-refractivity contribution >= 4 is 27.8 Å². The molecular formula is C17H19ClN2O6S. The summed E-state index contributed by atoms with van der Waals surface area (Å²) in [6.45, 7) is 0. The number of ether oxygens (including phenoxy) is 4. The van der Waals surface area contributed by atoms with Crippen molar-refractivity contribution in [2.75, 3.05) is 28.4 Å². The number of sulfonamides is 1. The van der Waals surface area contributed by atoms with Crippen molar-refractivity contribution in [2.45, 2.75) is 4.90 Å². The van der Waals surface area contributed by atoms with Gasteiger partial charge in [-0.25, -0.2) is 0 Å². The maximum atomic E-state index is 12.5. The van der Waals surface area contributed by atoms with Gasteiger partial charge in [-0.1, -0.05) is 11.6 Å². The SMILES string of the molecule is COc1cc(OC)c(OC)cc1/C=N/NS(=O)(=O)c1cc(Cl)ccc1OC. The summed E-state index contributed by atoms with van der Waals surface area (Å²) in [5.74, 6) is 1.48. The van der Waals surface area contributed by atoms with E-state index in [2.05, 4.69) is 9.93 Å². The quantitative estimate of drug-likeness (QED) is 0.527. The highest BCUT2D eigenvalue weighted by Gasteiger charge is 2.19. The Bertz CT molecular complexity index is 947. The lowest BCUT2D eigenvalue weighted by atomic mass is 10.2. The van der Waals surface area contributed by atoms with E-state index in [0.717, 1.165) is 0 Å². The number of nitrogens with one attached hydrogen (secondary N) is 1. The zero-order chi connectivity index (χ0) is 20.0. The molecule has 2 aromatic rings. The predicted molar refractivity (Wildman–Crippen MR) is 102 cm³/mol. The number of hydrazone groups is 1. The van der Waals surface area contributed by atoms with Crippen molar-refractivity contribution in [3.8, 4) is 23.0 Å². The average molecular weight is 415 g/mol. The fraction of sp³-hybridized carbons (Fsp3) is 0.235. The second-order valence-electron chi connectivity index (χ2n) is 5.10. The lowest BCUT2D eigenvalue weighted by Gasteiger charge is -2.12. The van der Waals surface area contributed by atoms with Crippen molar-refractivity contribution < 1.29 is 27.4 Å². The van der Waals surface area contributed by atoms with Crippen molar-refractivity contribution in [1.82, 2.24) is 4.83 Å². The Morgan fingerprint density at radius 3 is 2.07 bits per heavy atom. The molecule has 10 heteroatoms. The minimum Gasteiger partial charge on any atom is -0.496 e. The van der Waals surface area contributed by atoms with Gasteiger partial charge in [0.1, 0.15) is 16.4 Å². The minimum absolute atomic E-state index is 0.131. The summed E-state index contributed by atoms with van der Waals surface area (Å²) in [5, 5.41) is 4.05. The molecule has 8 nitrogen and oxygen atoms in total. The topological polar surface area (TPSA) is 95.5 Å². The normalized spacial score (nSPS) is 11.3. The van der Waals surface area contributed by atoms with Crippen LogP contribution in [0.4, 0.5) is 0 Å². The third kappa shape index (κ3) is 4.75. The first-order chi connectivity index (χ1) is 12.9. The van der Waals surface area contributed by atoms with Crippen LogP contribution in [0.2, 0.25) is 5.02 Å². The molecule has 27 heavy (non-hydrogen) atoms. The van der Waals surface area contributed by atoms with E-state index in [1.165, 1.54) is 52.9 Å². The summed E-state index contributed by atoms with van der Waals surface area (Å²) in [7, 11) is 1.82. The van der Waals surface area contributed by atoms with E-state index < -0.39 is 10.0 Å². The standard InChI is InChI=1S/C17H19ClN2O6S/c1-23-13-6-5-12(18)8-17(13)27(21,22)20-19-10-11-7-15(25-3)16(26-4)9-14(11)24-2/h5-10,20H,1-4H3/b19-10+. The third-order valence-electron chi connectivity index (χ3n) is 3.53. The Labute approximate surface area is 162 Å². The highest BCUT2D eigenvalue weighted by atomic mass is 35.5. The molecule has 0 spiro atoms. The zero-order valence-electron chi connectivity index (χ0n) is 15.1. The Morgan fingerprint density at radius 2 is 1.48 bits per heavy atom. The molecule has 0 aromatic heterocycles. The fourth-order valence-electron chi connectivity index (χ4n) is 2.23. The van der Waals surface area contributed by atoms with Gasteiger partial charge in [0, 0.05) is 16.7 Å². The maximum absolute atomic E-state index is 12.5. The van der Waals surface area contributed by atoms with Crippen LogP contribution in [0.1, 0.15) is 5.56 Å². The number of hydrogen-bond donors (Lipinski definition) is 1. The second-order valence-corrected chi connectivity index (χ2v) is 7.16.